The normalized spacial score (nSPS) is 12.6. The summed E-state index contributed by atoms with van der Waals surface area (Å²) in [5, 5.41) is 10.8. The molecule has 34 heavy (non-hydrogen) atoms. The molecule has 1 unspecified atom stereocenters. The number of amides is 1. The van der Waals surface area contributed by atoms with E-state index in [1.165, 1.54) is 12.1 Å². The average Bonchev–Trinajstić information content (AvgIpc) is 3.11. The predicted octanol–water partition coefficient (Wildman–Crippen LogP) is 5.71. The van der Waals surface area contributed by atoms with Crippen LogP contribution in [0, 0.1) is 5.92 Å². The minimum atomic E-state index is -4.53. The molecular formula is C24H26ClF3N4O2. The van der Waals surface area contributed by atoms with Gasteiger partial charge in [-0.2, -0.15) is 18.3 Å². The van der Waals surface area contributed by atoms with Crippen molar-refractivity contribution in [1.29, 1.82) is 0 Å². The summed E-state index contributed by atoms with van der Waals surface area (Å²) in [4.78, 5) is 12.5. The van der Waals surface area contributed by atoms with Gasteiger partial charge in [0.1, 0.15) is 12.4 Å². The fourth-order valence-corrected chi connectivity index (χ4v) is 3.61. The third-order valence-electron chi connectivity index (χ3n) is 5.00. The molecule has 0 bridgehead atoms. The molecule has 0 saturated carbocycles. The molecule has 2 N–H and O–H groups in total. The highest BCUT2D eigenvalue weighted by atomic mass is 35.5. The molecule has 0 spiro atoms. The maximum atomic E-state index is 12.9. The van der Waals surface area contributed by atoms with Crippen LogP contribution in [-0.2, 0) is 13.2 Å². The number of nitrogens with zero attached hydrogens (tertiary/aromatic N) is 2. The van der Waals surface area contributed by atoms with E-state index >= 15 is 0 Å². The van der Waals surface area contributed by atoms with E-state index in [0.29, 0.717) is 22.4 Å². The first kappa shape index (κ1) is 25.6. The van der Waals surface area contributed by atoms with Crippen LogP contribution >= 0.6 is 11.6 Å². The van der Waals surface area contributed by atoms with Gasteiger partial charge in [0.2, 0.25) is 0 Å². The first-order valence-electron chi connectivity index (χ1n) is 10.7. The van der Waals surface area contributed by atoms with Gasteiger partial charge in [-0.1, -0.05) is 37.6 Å². The third-order valence-corrected chi connectivity index (χ3v) is 5.29. The highest BCUT2D eigenvalue weighted by Crippen LogP contribution is 2.30. The van der Waals surface area contributed by atoms with Gasteiger partial charge in [0.15, 0.2) is 0 Å². The van der Waals surface area contributed by atoms with Crippen LogP contribution in [0.15, 0.2) is 54.7 Å². The monoisotopic (exact) mass is 494 g/mol. The second-order valence-corrected chi connectivity index (χ2v) is 8.63. The summed E-state index contributed by atoms with van der Waals surface area (Å²) in [6, 6.07) is 10.7. The van der Waals surface area contributed by atoms with E-state index in [4.69, 9.17) is 16.3 Å². The van der Waals surface area contributed by atoms with E-state index < -0.39 is 17.6 Å². The molecule has 0 aliphatic rings. The Morgan fingerprint density at radius 3 is 2.56 bits per heavy atom. The number of ether oxygens (including phenoxy) is 1. The number of aromatic nitrogens is 2. The number of carbonyl (C=O) groups excluding carboxylic acids is 1. The van der Waals surface area contributed by atoms with E-state index in [9.17, 15) is 18.0 Å². The Bertz CT molecular complexity index is 1110. The Morgan fingerprint density at radius 2 is 1.91 bits per heavy atom. The van der Waals surface area contributed by atoms with Crippen LogP contribution in [0.2, 0.25) is 5.02 Å². The van der Waals surface area contributed by atoms with Gasteiger partial charge in [0, 0.05) is 24.4 Å². The molecule has 1 atom stereocenters. The summed E-state index contributed by atoms with van der Waals surface area (Å²) in [5.74, 6) is 0.238. The fraction of sp³-hybridized carbons (Fsp3) is 0.333. The lowest BCUT2D eigenvalue weighted by Gasteiger charge is -2.21. The molecule has 0 saturated heterocycles. The lowest BCUT2D eigenvalue weighted by atomic mass is 10.1. The molecule has 1 amide bonds. The van der Waals surface area contributed by atoms with Crippen LogP contribution in [0.1, 0.15) is 41.5 Å². The van der Waals surface area contributed by atoms with E-state index in [1.807, 2.05) is 0 Å². The minimum absolute atomic E-state index is 0.0926. The van der Waals surface area contributed by atoms with Crippen molar-refractivity contribution >= 4 is 23.2 Å². The first-order valence-corrected chi connectivity index (χ1v) is 11.0. The van der Waals surface area contributed by atoms with Gasteiger partial charge in [0.25, 0.3) is 5.91 Å². The van der Waals surface area contributed by atoms with Gasteiger partial charge in [-0.3, -0.25) is 9.48 Å². The standard InChI is InChI=1S/C24H26ClF3N4O2/c1-15(2)12-29-21(22-20(25)13-30-32(22)3)14-34-19-9-5-8-18(11-19)31-23(33)16-6-4-7-17(10-16)24(26,27)28/h4-11,13,15,21,29H,12,14H2,1-3H3,(H,31,33). The van der Waals surface area contributed by atoms with Crippen LogP contribution in [-0.4, -0.2) is 28.8 Å². The molecule has 3 aromatic rings. The minimum Gasteiger partial charge on any atom is -0.491 e. The molecule has 2 aromatic carbocycles. The first-order chi connectivity index (χ1) is 16.0. The van der Waals surface area contributed by atoms with Gasteiger partial charge in [-0.25, -0.2) is 0 Å². The Hall–Kier alpha value is -3.04. The van der Waals surface area contributed by atoms with Gasteiger partial charge in [0.05, 0.1) is 28.5 Å². The zero-order valence-electron chi connectivity index (χ0n) is 19.0. The number of halogens is 4. The number of alkyl halides is 3. The maximum Gasteiger partial charge on any atom is 0.416 e. The summed E-state index contributed by atoms with van der Waals surface area (Å²) in [7, 11) is 1.80. The summed E-state index contributed by atoms with van der Waals surface area (Å²) in [6.45, 7) is 5.16. The van der Waals surface area contributed by atoms with Crippen LogP contribution in [0.5, 0.6) is 5.75 Å². The van der Waals surface area contributed by atoms with Crippen molar-refractivity contribution in [1.82, 2.24) is 15.1 Å². The molecule has 0 fully saturated rings. The Labute approximate surface area is 201 Å². The number of hydrogen-bond donors (Lipinski definition) is 2. The SMILES string of the molecule is CC(C)CNC(COc1cccc(NC(=O)c2cccc(C(F)(F)F)c2)c1)c1c(Cl)cnn1C. The second-order valence-electron chi connectivity index (χ2n) is 8.23. The number of benzene rings is 2. The number of nitrogens with one attached hydrogen (secondary N) is 2. The molecule has 1 aromatic heterocycles. The van der Waals surface area contributed by atoms with Crippen molar-refractivity contribution in [3.63, 3.8) is 0 Å². The van der Waals surface area contributed by atoms with Gasteiger partial charge >= 0.3 is 6.18 Å². The highest BCUT2D eigenvalue weighted by molar-refractivity contribution is 6.31. The lowest BCUT2D eigenvalue weighted by Crippen LogP contribution is -2.31. The third kappa shape index (κ3) is 6.74. The lowest BCUT2D eigenvalue weighted by molar-refractivity contribution is -0.137. The quantitative estimate of drug-likeness (QED) is 0.400. The van der Waals surface area contributed by atoms with Crippen LogP contribution in [0.25, 0.3) is 0 Å². The largest absolute Gasteiger partial charge is 0.491 e. The van der Waals surface area contributed by atoms with Crippen molar-refractivity contribution in [3.8, 4) is 5.75 Å². The Kier molecular flexibility index (Phi) is 8.22. The average molecular weight is 495 g/mol. The second kappa shape index (κ2) is 10.9. The van der Waals surface area contributed by atoms with E-state index in [2.05, 4.69) is 29.6 Å². The van der Waals surface area contributed by atoms with E-state index in [0.717, 1.165) is 24.4 Å². The van der Waals surface area contributed by atoms with Crippen molar-refractivity contribution < 1.29 is 22.7 Å². The molecule has 182 valence electrons. The summed E-state index contributed by atoms with van der Waals surface area (Å²) in [6.07, 6.45) is -2.95. The number of hydrogen-bond acceptors (Lipinski definition) is 4. The Balaban J connectivity index is 1.70. The number of carbonyl (C=O) groups is 1. The van der Waals surface area contributed by atoms with Crippen molar-refractivity contribution in [2.45, 2.75) is 26.1 Å². The van der Waals surface area contributed by atoms with Gasteiger partial charge in [-0.05, 0) is 42.8 Å². The molecule has 6 nitrogen and oxygen atoms in total. The fourth-order valence-electron chi connectivity index (χ4n) is 3.31. The Morgan fingerprint density at radius 1 is 1.18 bits per heavy atom. The molecule has 0 aliphatic heterocycles. The molecule has 0 radical (unpaired) electrons. The van der Waals surface area contributed by atoms with Crippen LogP contribution < -0.4 is 15.4 Å². The predicted molar refractivity (Wildman–Crippen MR) is 125 cm³/mol. The zero-order valence-corrected chi connectivity index (χ0v) is 19.7. The van der Waals surface area contributed by atoms with E-state index in [1.54, 1.807) is 42.2 Å². The molecule has 1 heterocycles. The molecule has 10 heteroatoms. The number of rotatable bonds is 9. The van der Waals surface area contributed by atoms with Crippen LogP contribution in [0.3, 0.4) is 0 Å². The van der Waals surface area contributed by atoms with Crippen molar-refractivity contribution in [3.05, 3.63) is 76.6 Å². The number of anilines is 1. The summed E-state index contributed by atoms with van der Waals surface area (Å²) in [5.41, 5.74) is 0.206. The van der Waals surface area contributed by atoms with Gasteiger partial charge in [-0.15, -0.1) is 0 Å². The van der Waals surface area contributed by atoms with Crippen molar-refractivity contribution in [2.75, 3.05) is 18.5 Å². The number of aryl methyl sites for hydroxylation is 1. The summed E-state index contributed by atoms with van der Waals surface area (Å²) < 4.78 is 46.5. The summed E-state index contributed by atoms with van der Waals surface area (Å²) >= 11 is 6.32. The van der Waals surface area contributed by atoms with Crippen LogP contribution in [0.4, 0.5) is 18.9 Å². The highest BCUT2D eigenvalue weighted by Gasteiger charge is 2.31. The smallest absolute Gasteiger partial charge is 0.416 e. The molecular weight excluding hydrogens is 469 g/mol. The van der Waals surface area contributed by atoms with Gasteiger partial charge < -0.3 is 15.4 Å². The topological polar surface area (TPSA) is 68.2 Å². The van der Waals surface area contributed by atoms with E-state index in [-0.39, 0.29) is 18.2 Å². The zero-order chi connectivity index (χ0) is 24.9. The van der Waals surface area contributed by atoms with Crippen molar-refractivity contribution in [2.24, 2.45) is 13.0 Å². The molecule has 3 rings (SSSR count). The molecule has 0 aliphatic carbocycles. The maximum absolute atomic E-state index is 12.9.